The highest BCUT2D eigenvalue weighted by molar-refractivity contribution is 7.14. The van der Waals surface area contributed by atoms with Gasteiger partial charge in [0, 0.05) is 31.1 Å². The Morgan fingerprint density at radius 3 is 2.48 bits per heavy atom. The van der Waals surface area contributed by atoms with E-state index < -0.39 is 11.7 Å². The second-order valence-corrected chi connectivity index (χ2v) is 8.34. The van der Waals surface area contributed by atoms with Crippen LogP contribution in [0.4, 0.5) is 9.52 Å². The molecular weight excluding hydrogens is 415 g/mol. The zero-order valence-corrected chi connectivity index (χ0v) is 17.7. The van der Waals surface area contributed by atoms with E-state index in [2.05, 4.69) is 32.7 Å². The molecule has 0 spiro atoms. The van der Waals surface area contributed by atoms with Crippen LogP contribution in [0.1, 0.15) is 39.3 Å². The lowest BCUT2D eigenvalue weighted by molar-refractivity contribution is 0.0903. The van der Waals surface area contributed by atoms with Crippen molar-refractivity contribution < 1.29 is 14.0 Å². The lowest BCUT2D eigenvalue weighted by Gasteiger charge is -2.32. The molecule has 1 aliphatic rings. The number of nitrogens with one attached hydrogen (secondary N) is 2. The van der Waals surface area contributed by atoms with Crippen molar-refractivity contribution >= 4 is 28.3 Å². The molecule has 1 aliphatic heterocycles. The summed E-state index contributed by atoms with van der Waals surface area (Å²) in [5, 5.41) is 7.44. The lowest BCUT2D eigenvalue weighted by atomic mass is 10.0. The van der Waals surface area contributed by atoms with Gasteiger partial charge in [-0.2, -0.15) is 0 Å². The first-order valence-corrected chi connectivity index (χ1v) is 11.0. The Morgan fingerprint density at radius 2 is 1.74 bits per heavy atom. The number of amides is 2. The average molecular weight is 439 g/mol. The SMILES string of the molecule is O=C(NC1CCN(Cc2ccccc2)CC1)c1csc(NC(=O)c2ccccc2F)n1. The van der Waals surface area contributed by atoms with Crippen LogP contribution in [0.25, 0.3) is 0 Å². The standard InChI is InChI=1S/C23H23FN4O2S/c24-19-9-5-4-8-18(19)21(29)27-23-26-20(15-31-23)22(30)25-17-10-12-28(13-11-17)14-16-6-2-1-3-7-16/h1-9,15,17H,10-14H2,(H,25,30)(H,26,27,29). The summed E-state index contributed by atoms with van der Waals surface area (Å²) in [7, 11) is 0. The third-order valence-electron chi connectivity index (χ3n) is 5.25. The van der Waals surface area contributed by atoms with Gasteiger partial charge >= 0.3 is 0 Å². The molecule has 1 saturated heterocycles. The van der Waals surface area contributed by atoms with Gasteiger partial charge in [0.2, 0.25) is 0 Å². The first-order chi connectivity index (χ1) is 15.1. The quantitative estimate of drug-likeness (QED) is 0.612. The van der Waals surface area contributed by atoms with Crippen molar-refractivity contribution in [3.05, 3.63) is 82.6 Å². The normalized spacial score (nSPS) is 14.9. The molecule has 2 heterocycles. The summed E-state index contributed by atoms with van der Waals surface area (Å²) in [4.78, 5) is 31.3. The van der Waals surface area contributed by atoms with Crippen LogP contribution in [0.5, 0.6) is 0 Å². The van der Waals surface area contributed by atoms with Crippen LogP contribution in [-0.4, -0.2) is 40.8 Å². The van der Waals surface area contributed by atoms with Crippen molar-refractivity contribution in [1.82, 2.24) is 15.2 Å². The number of carbonyl (C=O) groups excluding carboxylic acids is 2. The molecule has 1 fully saturated rings. The predicted molar refractivity (Wildman–Crippen MR) is 119 cm³/mol. The molecule has 1 aromatic heterocycles. The summed E-state index contributed by atoms with van der Waals surface area (Å²) in [6.45, 7) is 2.75. The Kier molecular flexibility index (Phi) is 6.69. The third kappa shape index (κ3) is 5.53. The molecule has 0 saturated carbocycles. The summed E-state index contributed by atoms with van der Waals surface area (Å²) in [5.74, 6) is -1.46. The number of benzene rings is 2. The van der Waals surface area contributed by atoms with Crippen molar-refractivity contribution in [2.24, 2.45) is 0 Å². The molecule has 8 heteroatoms. The van der Waals surface area contributed by atoms with Crippen molar-refractivity contribution in [2.45, 2.75) is 25.4 Å². The van der Waals surface area contributed by atoms with Gasteiger partial charge in [-0.15, -0.1) is 11.3 Å². The van der Waals surface area contributed by atoms with Gasteiger partial charge in [-0.3, -0.25) is 19.8 Å². The number of nitrogens with zero attached hydrogens (tertiary/aromatic N) is 2. The van der Waals surface area contributed by atoms with Crippen molar-refractivity contribution in [1.29, 1.82) is 0 Å². The fourth-order valence-corrected chi connectivity index (χ4v) is 4.27. The zero-order valence-electron chi connectivity index (χ0n) is 16.9. The molecule has 0 aliphatic carbocycles. The van der Waals surface area contributed by atoms with Crippen molar-refractivity contribution in [3.8, 4) is 0 Å². The van der Waals surface area contributed by atoms with Crippen LogP contribution in [0.3, 0.4) is 0 Å². The monoisotopic (exact) mass is 438 g/mol. The maximum absolute atomic E-state index is 13.7. The summed E-state index contributed by atoms with van der Waals surface area (Å²) in [6.07, 6.45) is 1.75. The average Bonchev–Trinajstić information content (AvgIpc) is 3.25. The summed E-state index contributed by atoms with van der Waals surface area (Å²) >= 11 is 1.14. The fourth-order valence-electron chi connectivity index (χ4n) is 3.58. The number of aromatic nitrogens is 1. The first kappa shape index (κ1) is 21.1. The molecule has 0 atom stereocenters. The summed E-state index contributed by atoms with van der Waals surface area (Å²) < 4.78 is 13.7. The minimum Gasteiger partial charge on any atom is -0.348 e. The van der Waals surface area contributed by atoms with Gasteiger partial charge in [0.15, 0.2) is 5.13 Å². The molecule has 4 rings (SSSR count). The Bertz CT molecular complexity index is 1050. The van der Waals surface area contributed by atoms with Gasteiger partial charge in [-0.25, -0.2) is 9.37 Å². The van der Waals surface area contributed by atoms with Crippen LogP contribution in [0, 0.1) is 5.82 Å². The molecule has 2 amide bonds. The maximum atomic E-state index is 13.7. The van der Waals surface area contributed by atoms with E-state index in [0.29, 0.717) is 0 Å². The molecule has 2 N–H and O–H groups in total. The summed E-state index contributed by atoms with van der Waals surface area (Å²) in [5.41, 5.74) is 1.48. The minimum atomic E-state index is -0.604. The molecule has 2 aromatic carbocycles. The van der Waals surface area contributed by atoms with Crippen LogP contribution in [-0.2, 0) is 6.54 Å². The number of hydrogen-bond donors (Lipinski definition) is 2. The Labute approximate surface area is 184 Å². The van der Waals surface area contributed by atoms with E-state index in [9.17, 15) is 14.0 Å². The Balaban J connectivity index is 1.27. The Hall–Kier alpha value is -3.10. The van der Waals surface area contributed by atoms with E-state index in [1.165, 1.54) is 23.8 Å². The van der Waals surface area contributed by atoms with Gasteiger partial charge in [0.05, 0.1) is 5.56 Å². The predicted octanol–water partition coefficient (Wildman–Crippen LogP) is 3.93. The number of piperidine rings is 1. The molecule has 160 valence electrons. The van der Waals surface area contributed by atoms with Crippen molar-refractivity contribution in [3.63, 3.8) is 0 Å². The first-order valence-electron chi connectivity index (χ1n) is 10.2. The minimum absolute atomic E-state index is 0.0639. The summed E-state index contributed by atoms with van der Waals surface area (Å²) in [6, 6.07) is 16.2. The van der Waals surface area contributed by atoms with E-state index >= 15 is 0 Å². The number of hydrogen-bond acceptors (Lipinski definition) is 5. The highest BCUT2D eigenvalue weighted by Crippen LogP contribution is 2.19. The molecule has 0 bridgehead atoms. The van der Waals surface area contributed by atoms with Crippen LogP contribution in [0.2, 0.25) is 0 Å². The van der Waals surface area contributed by atoms with E-state index in [0.717, 1.165) is 43.8 Å². The molecule has 0 unspecified atom stereocenters. The Morgan fingerprint density at radius 1 is 1.03 bits per heavy atom. The molecular formula is C23H23FN4O2S. The number of thiazole rings is 1. The smallest absolute Gasteiger partial charge is 0.271 e. The second kappa shape index (κ2) is 9.80. The molecule has 6 nitrogen and oxygen atoms in total. The highest BCUT2D eigenvalue weighted by atomic mass is 32.1. The fraction of sp³-hybridized carbons (Fsp3) is 0.261. The number of likely N-dealkylation sites (tertiary alicyclic amines) is 1. The van der Waals surface area contributed by atoms with E-state index in [1.54, 1.807) is 11.4 Å². The van der Waals surface area contributed by atoms with E-state index in [4.69, 9.17) is 0 Å². The van der Waals surface area contributed by atoms with Crippen LogP contribution >= 0.6 is 11.3 Å². The van der Waals surface area contributed by atoms with Crippen molar-refractivity contribution in [2.75, 3.05) is 18.4 Å². The number of anilines is 1. The van der Waals surface area contributed by atoms with Gasteiger partial charge < -0.3 is 5.32 Å². The number of halogens is 1. The number of rotatable bonds is 6. The second-order valence-electron chi connectivity index (χ2n) is 7.48. The lowest BCUT2D eigenvalue weighted by Crippen LogP contribution is -2.44. The maximum Gasteiger partial charge on any atom is 0.271 e. The molecule has 0 radical (unpaired) electrons. The van der Waals surface area contributed by atoms with E-state index in [1.807, 2.05) is 18.2 Å². The molecule has 31 heavy (non-hydrogen) atoms. The van der Waals surface area contributed by atoms with Gasteiger partial charge in [0.1, 0.15) is 11.5 Å². The highest BCUT2D eigenvalue weighted by Gasteiger charge is 2.22. The van der Waals surface area contributed by atoms with Gasteiger partial charge in [-0.1, -0.05) is 42.5 Å². The van der Waals surface area contributed by atoms with Crippen LogP contribution in [0.15, 0.2) is 60.0 Å². The van der Waals surface area contributed by atoms with Gasteiger partial charge in [0.25, 0.3) is 11.8 Å². The number of carbonyl (C=O) groups is 2. The van der Waals surface area contributed by atoms with Gasteiger partial charge in [-0.05, 0) is 30.5 Å². The largest absolute Gasteiger partial charge is 0.348 e. The zero-order chi connectivity index (χ0) is 21.6. The third-order valence-corrected chi connectivity index (χ3v) is 6.01. The van der Waals surface area contributed by atoms with E-state index in [-0.39, 0.29) is 28.3 Å². The topological polar surface area (TPSA) is 74.3 Å². The van der Waals surface area contributed by atoms with Crippen LogP contribution < -0.4 is 10.6 Å². The molecule has 3 aromatic rings.